The lowest BCUT2D eigenvalue weighted by molar-refractivity contribution is 0.127. The highest BCUT2D eigenvalue weighted by Crippen LogP contribution is 2.23. The second kappa shape index (κ2) is 7.81. The summed E-state index contributed by atoms with van der Waals surface area (Å²) >= 11 is 1.57. The fourth-order valence-electron chi connectivity index (χ4n) is 1.71. The third-order valence-electron chi connectivity index (χ3n) is 2.85. The van der Waals surface area contributed by atoms with E-state index in [0.29, 0.717) is 17.2 Å². The van der Waals surface area contributed by atoms with Crippen molar-refractivity contribution in [2.45, 2.75) is 11.0 Å². The van der Waals surface area contributed by atoms with Gasteiger partial charge in [-0.15, -0.1) is 11.8 Å². The number of thioether (sulfide) groups is 1. The van der Waals surface area contributed by atoms with Crippen LogP contribution in [-0.4, -0.2) is 30.7 Å². The van der Waals surface area contributed by atoms with Gasteiger partial charge in [0.05, 0.1) is 18.9 Å². The van der Waals surface area contributed by atoms with E-state index in [0.717, 1.165) is 10.6 Å². The zero-order valence-corrected chi connectivity index (χ0v) is 12.7. The van der Waals surface area contributed by atoms with Crippen LogP contribution in [0.15, 0.2) is 53.4 Å². The molecular weight excluding hydrogens is 286 g/mol. The number of benzene rings is 2. The summed E-state index contributed by atoms with van der Waals surface area (Å²) in [6, 6.07) is 15.0. The van der Waals surface area contributed by atoms with Gasteiger partial charge in [0.1, 0.15) is 18.1 Å². The molecule has 0 heterocycles. The van der Waals surface area contributed by atoms with Crippen LogP contribution < -0.4 is 15.2 Å². The Morgan fingerprint density at radius 1 is 1.14 bits per heavy atom. The molecule has 0 bridgehead atoms. The van der Waals surface area contributed by atoms with Crippen molar-refractivity contribution in [3.05, 3.63) is 48.5 Å². The van der Waals surface area contributed by atoms with Gasteiger partial charge in [0.15, 0.2) is 0 Å². The van der Waals surface area contributed by atoms with E-state index in [-0.39, 0.29) is 6.61 Å². The predicted octanol–water partition coefficient (Wildman–Crippen LogP) is 2.81. The second-order valence-electron chi connectivity index (χ2n) is 4.49. The normalized spacial score (nSPS) is 11.9. The first-order valence-corrected chi connectivity index (χ1v) is 7.60. The Labute approximate surface area is 128 Å². The highest BCUT2D eigenvalue weighted by atomic mass is 32.2. The Hall–Kier alpha value is -1.85. The number of aliphatic hydroxyl groups excluding tert-OH is 1. The number of hydrogen-bond donors (Lipinski definition) is 2. The van der Waals surface area contributed by atoms with E-state index in [1.54, 1.807) is 31.0 Å². The lowest BCUT2D eigenvalue weighted by Gasteiger charge is -2.13. The molecule has 1 atom stereocenters. The number of nitrogen functional groups attached to an aromatic ring is 1. The first kappa shape index (κ1) is 15.5. The minimum absolute atomic E-state index is 0.220. The average molecular weight is 305 g/mol. The van der Waals surface area contributed by atoms with Crippen molar-refractivity contribution >= 4 is 17.4 Å². The Balaban J connectivity index is 1.76. The van der Waals surface area contributed by atoms with Gasteiger partial charge < -0.3 is 20.3 Å². The van der Waals surface area contributed by atoms with Crippen molar-refractivity contribution in [3.63, 3.8) is 0 Å². The molecule has 0 amide bonds. The number of methoxy groups -OCH3 is 1. The molecule has 3 N–H and O–H groups in total. The van der Waals surface area contributed by atoms with Crippen LogP contribution in [0.4, 0.5) is 5.69 Å². The summed E-state index contributed by atoms with van der Waals surface area (Å²) in [5, 5.41) is 9.95. The highest BCUT2D eigenvalue weighted by Gasteiger charge is 2.08. The van der Waals surface area contributed by atoms with Crippen molar-refractivity contribution in [3.8, 4) is 11.5 Å². The summed E-state index contributed by atoms with van der Waals surface area (Å²) in [5.74, 6) is 1.98. The standard InChI is InChI=1S/C16H19NO3S/c1-19-13-6-8-14(9-7-13)21-11-12(18)10-20-16-5-3-2-4-15(16)17/h2-9,12,18H,10-11,17H2,1H3. The molecule has 0 saturated heterocycles. The van der Waals surface area contributed by atoms with Crippen molar-refractivity contribution in [2.24, 2.45) is 0 Å². The van der Waals surface area contributed by atoms with E-state index in [9.17, 15) is 5.11 Å². The molecule has 0 aliphatic carbocycles. The van der Waals surface area contributed by atoms with Crippen LogP contribution in [0.1, 0.15) is 0 Å². The van der Waals surface area contributed by atoms with Gasteiger partial charge in [0.25, 0.3) is 0 Å². The lowest BCUT2D eigenvalue weighted by atomic mass is 10.3. The molecule has 0 aliphatic rings. The highest BCUT2D eigenvalue weighted by molar-refractivity contribution is 7.99. The predicted molar refractivity (Wildman–Crippen MR) is 86.1 cm³/mol. The molecule has 0 spiro atoms. The second-order valence-corrected chi connectivity index (χ2v) is 5.58. The average Bonchev–Trinajstić information content (AvgIpc) is 2.52. The maximum absolute atomic E-state index is 9.95. The number of aliphatic hydroxyl groups is 1. The van der Waals surface area contributed by atoms with Crippen molar-refractivity contribution in [1.82, 2.24) is 0 Å². The van der Waals surface area contributed by atoms with E-state index >= 15 is 0 Å². The topological polar surface area (TPSA) is 64.7 Å². The maximum atomic E-state index is 9.95. The van der Waals surface area contributed by atoms with Crippen LogP contribution in [0.2, 0.25) is 0 Å². The van der Waals surface area contributed by atoms with E-state index < -0.39 is 6.10 Å². The zero-order chi connectivity index (χ0) is 15.1. The van der Waals surface area contributed by atoms with E-state index in [4.69, 9.17) is 15.2 Å². The summed E-state index contributed by atoms with van der Waals surface area (Å²) in [6.07, 6.45) is -0.559. The van der Waals surface area contributed by atoms with Crippen molar-refractivity contribution in [1.29, 1.82) is 0 Å². The maximum Gasteiger partial charge on any atom is 0.142 e. The number of nitrogens with two attached hydrogens (primary N) is 1. The molecule has 4 nitrogen and oxygen atoms in total. The van der Waals surface area contributed by atoms with Gasteiger partial charge in [-0.2, -0.15) is 0 Å². The van der Waals surface area contributed by atoms with Crippen LogP contribution in [0.5, 0.6) is 11.5 Å². The van der Waals surface area contributed by atoms with Gasteiger partial charge in [-0.3, -0.25) is 0 Å². The van der Waals surface area contributed by atoms with Gasteiger partial charge in [0, 0.05) is 10.6 Å². The molecule has 112 valence electrons. The summed E-state index contributed by atoms with van der Waals surface area (Å²) < 4.78 is 10.6. The van der Waals surface area contributed by atoms with Crippen LogP contribution in [0, 0.1) is 0 Å². The van der Waals surface area contributed by atoms with Gasteiger partial charge in [-0.05, 0) is 36.4 Å². The summed E-state index contributed by atoms with van der Waals surface area (Å²) in [5.41, 5.74) is 6.35. The van der Waals surface area contributed by atoms with Crippen molar-refractivity contribution in [2.75, 3.05) is 25.2 Å². The molecular formula is C16H19NO3S. The van der Waals surface area contributed by atoms with Crippen LogP contribution in [-0.2, 0) is 0 Å². The zero-order valence-electron chi connectivity index (χ0n) is 11.9. The molecule has 2 aromatic carbocycles. The molecule has 21 heavy (non-hydrogen) atoms. The van der Waals surface area contributed by atoms with Crippen LogP contribution in [0.25, 0.3) is 0 Å². The first-order chi connectivity index (χ1) is 10.2. The molecule has 0 saturated carbocycles. The number of ether oxygens (including phenoxy) is 2. The van der Waals surface area contributed by atoms with Crippen molar-refractivity contribution < 1.29 is 14.6 Å². The molecule has 2 rings (SSSR count). The molecule has 0 radical (unpaired) electrons. The molecule has 5 heteroatoms. The summed E-state index contributed by atoms with van der Waals surface area (Å²) in [6.45, 7) is 0.220. The summed E-state index contributed by atoms with van der Waals surface area (Å²) in [7, 11) is 1.64. The number of rotatable bonds is 7. The molecule has 0 aliphatic heterocycles. The smallest absolute Gasteiger partial charge is 0.142 e. The third kappa shape index (κ3) is 4.88. The molecule has 0 fully saturated rings. The van der Waals surface area contributed by atoms with Gasteiger partial charge in [-0.25, -0.2) is 0 Å². The Morgan fingerprint density at radius 3 is 2.52 bits per heavy atom. The number of para-hydroxylation sites is 2. The first-order valence-electron chi connectivity index (χ1n) is 6.61. The fraction of sp³-hybridized carbons (Fsp3) is 0.250. The minimum atomic E-state index is -0.559. The van der Waals surface area contributed by atoms with E-state index in [1.807, 2.05) is 36.4 Å². The monoisotopic (exact) mass is 305 g/mol. The largest absolute Gasteiger partial charge is 0.497 e. The molecule has 1 unspecified atom stereocenters. The number of anilines is 1. The minimum Gasteiger partial charge on any atom is -0.497 e. The number of hydrogen-bond acceptors (Lipinski definition) is 5. The van der Waals surface area contributed by atoms with E-state index in [1.165, 1.54) is 0 Å². The fourth-order valence-corrected chi connectivity index (χ4v) is 2.52. The SMILES string of the molecule is COc1ccc(SCC(O)COc2ccccc2N)cc1. The van der Waals surface area contributed by atoms with Gasteiger partial charge >= 0.3 is 0 Å². The Bertz CT molecular complexity index is 560. The Kier molecular flexibility index (Phi) is 5.78. The Morgan fingerprint density at radius 2 is 1.86 bits per heavy atom. The van der Waals surface area contributed by atoms with Gasteiger partial charge in [0.2, 0.25) is 0 Å². The van der Waals surface area contributed by atoms with E-state index in [2.05, 4.69) is 0 Å². The van der Waals surface area contributed by atoms with Gasteiger partial charge in [-0.1, -0.05) is 12.1 Å². The molecule has 2 aromatic rings. The quantitative estimate of drug-likeness (QED) is 0.608. The summed E-state index contributed by atoms with van der Waals surface area (Å²) in [4.78, 5) is 1.08. The third-order valence-corrected chi connectivity index (χ3v) is 4.01. The van der Waals surface area contributed by atoms with Crippen LogP contribution >= 0.6 is 11.8 Å². The van der Waals surface area contributed by atoms with Crippen LogP contribution in [0.3, 0.4) is 0 Å². The lowest BCUT2D eigenvalue weighted by Crippen LogP contribution is -2.20. The molecule has 0 aromatic heterocycles.